The first kappa shape index (κ1) is 16.1. The molecule has 0 aromatic heterocycles. The Hall–Kier alpha value is -1.26. The third-order valence-electron chi connectivity index (χ3n) is 3.97. The number of rotatable bonds is 4. The zero-order valence-corrected chi connectivity index (χ0v) is 13.3. The van der Waals surface area contributed by atoms with Gasteiger partial charge in [0.2, 0.25) is 0 Å². The minimum absolute atomic E-state index is 0.0142. The molecule has 1 heterocycles. The van der Waals surface area contributed by atoms with E-state index in [9.17, 15) is 4.79 Å². The highest BCUT2D eigenvalue weighted by Crippen LogP contribution is 2.22. The molecule has 3 unspecified atom stereocenters. The Morgan fingerprint density at radius 2 is 2.24 bits per heavy atom. The highest BCUT2D eigenvalue weighted by molar-refractivity contribution is 6.30. The van der Waals surface area contributed by atoms with E-state index in [2.05, 4.69) is 0 Å². The molecule has 21 heavy (non-hydrogen) atoms. The number of carbonyl (C=O) groups excluding carboxylic acids is 1. The Bertz CT molecular complexity index is 493. The first-order chi connectivity index (χ1) is 9.97. The molecule has 116 valence electrons. The van der Waals surface area contributed by atoms with Crippen LogP contribution in [0.5, 0.6) is 5.75 Å². The van der Waals surface area contributed by atoms with E-state index in [1.807, 2.05) is 17.9 Å². The number of benzene rings is 1. The van der Waals surface area contributed by atoms with E-state index in [0.717, 1.165) is 25.9 Å². The lowest BCUT2D eigenvalue weighted by Gasteiger charge is -2.35. The molecule has 1 aliphatic rings. The third kappa shape index (κ3) is 4.35. The Morgan fingerprint density at radius 3 is 2.90 bits per heavy atom. The van der Waals surface area contributed by atoms with Gasteiger partial charge in [-0.2, -0.15) is 0 Å². The smallest absolute Gasteiger partial charge is 0.263 e. The fourth-order valence-electron chi connectivity index (χ4n) is 2.69. The maximum atomic E-state index is 12.5. The van der Waals surface area contributed by atoms with E-state index in [-0.39, 0.29) is 11.9 Å². The molecule has 2 N–H and O–H groups in total. The number of ether oxygens (including phenoxy) is 1. The Balaban J connectivity index is 1.95. The summed E-state index contributed by atoms with van der Waals surface area (Å²) >= 11 is 5.92. The number of carbonyl (C=O) groups is 1. The van der Waals surface area contributed by atoms with Crippen molar-refractivity contribution in [3.05, 3.63) is 29.3 Å². The van der Waals surface area contributed by atoms with Crippen LogP contribution in [0.2, 0.25) is 5.02 Å². The molecule has 0 radical (unpaired) electrons. The van der Waals surface area contributed by atoms with Crippen LogP contribution in [-0.2, 0) is 4.79 Å². The molecule has 1 saturated heterocycles. The van der Waals surface area contributed by atoms with Gasteiger partial charge in [0.15, 0.2) is 6.10 Å². The first-order valence-corrected chi connectivity index (χ1v) is 7.81. The topological polar surface area (TPSA) is 55.6 Å². The number of likely N-dealkylation sites (tertiary alicyclic amines) is 1. The Labute approximate surface area is 131 Å². The van der Waals surface area contributed by atoms with Crippen LogP contribution in [0, 0.1) is 5.92 Å². The predicted molar refractivity (Wildman–Crippen MR) is 84.5 cm³/mol. The van der Waals surface area contributed by atoms with Crippen LogP contribution in [-0.4, -0.2) is 36.0 Å². The number of nitrogens with two attached hydrogens (primary N) is 1. The van der Waals surface area contributed by atoms with Gasteiger partial charge in [-0.15, -0.1) is 0 Å². The molecule has 0 bridgehead atoms. The van der Waals surface area contributed by atoms with Crippen LogP contribution >= 0.6 is 11.6 Å². The highest BCUT2D eigenvalue weighted by atomic mass is 35.5. The van der Waals surface area contributed by atoms with Gasteiger partial charge in [0.05, 0.1) is 0 Å². The van der Waals surface area contributed by atoms with Crippen molar-refractivity contribution in [3.63, 3.8) is 0 Å². The maximum Gasteiger partial charge on any atom is 0.263 e. The second kappa shape index (κ2) is 7.14. The highest BCUT2D eigenvalue weighted by Gasteiger charge is 2.29. The van der Waals surface area contributed by atoms with E-state index in [1.165, 1.54) is 0 Å². The van der Waals surface area contributed by atoms with Gasteiger partial charge in [-0.1, -0.05) is 17.7 Å². The molecular formula is C16H23ClN2O2. The van der Waals surface area contributed by atoms with E-state index in [0.29, 0.717) is 16.7 Å². The summed E-state index contributed by atoms with van der Waals surface area (Å²) in [6, 6.07) is 7.22. The summed E-state index contributed by atoms with van der Waals surface area (Å²) in [6.45, 7) is 5.29. The molecule has 1 aromatic carbocycles. The number of hydrogen-bond acceptors (Lipinski definition) is 3. The number of piperidine rings is 1. The standard InChI is InChI=1S/C16H23ClN2O2/c1-11(18)13-5-4-8-19(10-13)16(20)12(2)21-15-7-3-6-14(17)9-15/h3,6-7,9,11-13H,4-5,8,10,18H2,1-2H3. The van der Waals surface area contributed by atoms with Gasteiger partial charge >= 0.3 is 0 Å². The molecule has 1 aliphatic heterocycles. The lowest BCUT2D eigenvalue weighted by Crippen LogP contribution is -2.48. The van der Waals surface area contributed by atoms with Crippen molar-refractivity contribution >= 4 is 17.5 Å². The molecule has 2 rings (SSSR count). The normalized spacial score (nSPS) is 21.7. The van der Waals surface area contributed by atoms with Crippen molar-refractivity contribution in [1.82, 2.24) is 4.90 Å². The van der Waals surface area contributed by atoms with Crippen LogP contribution in [0.4, 0.5) is 0 Å². The van der Waals surface area contributed by atoms with Gasteiger partial charge in [0, 0.05) is 24.2 Å². The summed E-state index contributed by atoms with van der Waals surface area (Å²) in [5.74, 6) is 1.01. The molecule has 4 nitrogen and oxygen atoms in total. The van der Waals surface area contributed by atoms with Gasteiger partial charge in [-0.25, -0.2) is 0 Å². The van der Waals surface area contributed by atoms with Crippen LogP contribution in [0.1, 0.15) is 26.7 Å². The predicted octanol–water partition coefficient (Wildman–Crippen LogP) is 2.69. The van der Waals surface area contributed by atoms with Crippen molar-refractivity contribution < 1.29 is 9.53 Å². The van der Waals surface area contributed by atoms with Crippen LogP contribution in [0.25, 0.3) is 0 Å². The third-order valence-corrected chi connectivity index (χ3v) is 4.20. The Morgan fingerprint density at radius 1 is 1.48 bits per heavy atom. The largest absolute Gasteiger partial charge is 0.481 e. The number of nitrogens with zero attached hydrogens (tertiary/aromatic N) is 1. The molecule has 1 aromatic rings. The van der Waals surface area contributed by atoms with Gasteiger partial charge in [0.25, 0.3) is 5.91 Å². The number of halogens is 1. The summed E-state index contributed by atoms with van der Waals surface area (Å²) in [6.07, 6.45) is 1.57. The molecule has 3 atom stereocenters. The molecule has 1 amide bonds. The molecule has 1 fully saturated rings. The summed E-state index contributed by atoms with van der Waals surface area (Å²) < 4.78 is 5.70. The maximum absolute atomic E-state index is 12.5. The van der Waals surface area contributed by atoms with Crippen LogP contribution in [0.3, 0.4) is 0 Å². The number of hydrogen-bond donors (Lipinski definition) is 1. The SMILES string of the molecule is CC(Oc1cccc(Cl)c1)C(=O)N1CCCC(C(C)N)C1. The van der Waals surface area contributed by atoms with Crippen molar-refractivity contribution in [3.8, 4) is 5.75 Å². The monoisotopic (exact) mass is 310 g/mol. The molecular weight excluding hydrogens is 288 g/mol. The lowest BCUT2D eigenvalue weighted by atomic mass is 9.92. The van der Waals surface area contributed by atoms with Crippen molar-refractivity contribution in [1.29, 1.82) is 0 Å². The average molecular weight is 311 g/mol. The van der Waals surface area contributed by atoms with E-state index in [4.69, 9.17) is 22.1 Å². The summed E-state index contributed by atoms with van der Waals surface area (Å²) in [5.41, 5.74) is 5.96. The van der Waals surface area contributed by atoms with E-state index in [1.54, 1.807) is 25.1 Å². The van der Waals surface area contributed by atoms with Crippen LogP contribution in [0.15, 0.2) is 24.3 Å². The summed E-state index contributed by atoms with van der Waals surface area (Å²) in [4.78, 5) is 14.4. The molecule has 5 heteroatoms. The second-order valence-electron chi connectivity index (χ2n) is 5.76. The second-order valence-corrected chi connectivity index (χ2v) is 6.20. The first-order valence-electron chi connectivity index (χ1n) is 7.44. The average Bonchev–Trinajstić information content (AvgIpc) is 2.46. The Kier molecular flexibility index (Phi) is 5.48. The summed E-state index contributed by atoms with van der Waals surface area (Å²) in [7, 11) is 0. The zero-order valence-electron chi connectivity index (χ0n) is 12.6. The summed E-state index contributed by atoms with van der Waals surface area (Å²) in [5, 5.41) is 0.599. The van der Waals surface area contributed by atoms with Crippen molar-refractivity contribution in [2.45, 2.75) is 38.8 Å². The van der Waals surface area contributed by atoms with Crippen LogP contribution < -0.4 is 10.5 Å². The minimum Gasteiger partial charge on any atom is -0.481 e. The van der Waals surface area contributed by atoms with Crippen molar-refractivity contribution in [2.75, 3.05) is 13.1 Å². The fraction of sp³-hybridized carbons (Fsp3) is 0.562. The van der Waals surface area contributed by atoms with E-state index < -0.39 is 6.10 Å². The van der Waals surface area contributed by atoms with Gasteiger partial charge < -0.3 is 15.4 Å². The van der Waals surface area contributed by atoms with E-state index >= 15 is 0 Å². The van der Waals surface area contributed by atoms with Gasteiger partial charge in [0.1, 0.15) is 5.75 Å². The van der Waals surface area contributed by atoms with Gasteiger partial charge in [-0.05, 0) is 50.8 Å². The zero-order chi connectivity index (χ0) is 15.4. The van der Waals surface area contributed by atoms with Gasteiger partial charge in [-0.3, -0.25) is 4.79 Å². The fourth-order valence-corrected chi connectivity index (χ4v) is 2.87. The quantitative estimate of drug-likeness (QED) is 0.930. The minimum atomic E-state index is -0.518. The van der Waals surface area contributed by atoms with Crippen molar-refractivity contribution in [2.24, 2.45) is 11.7 Å². The molecule has 0 saturated carbocycles. The molecule has 0 aliphatic carbocycles. The molecule has 0 spiro atoms. The lowest BCUT2D eigenvalue weighted by molar-refractivity contribution is -0.139. The number of amides is 1.